The monoisotopic (exact) mass is 376 g/mol. The number of hydrogen-bond donors (Lipinski definition) is 3. The summed E-state index contributed by atoms with van der Waals surface area (Å²) in [5, 5.41) is 9.33. The van der Waals surface area contributed by atoms with E-state index >= 15 is 0 Å². The zero-order chi connectivity index (χ0) is 14.9. The van der Waals surface area contributed by atoms with Crippen molar-refractivity contribution in [1.82, 2.24) is 0 Å². The van der Waals surface area contributed by atoms with Crippen molar-refractivity contribution in [2.24, 2.45) is 0 Å². The average molecular weight is 378 g/mol. The first kappa shape index (κ1) is 15.0. The molecule has 0 amide bonds. The molecule has 0 aliphatic carbocycles. The van der Waals surface area contributed by atoms with Crippen molar-refractivity contribution >= 4 is 48.9 Å². The number of phenolic OH excluding ortho intramolecular Hbond substituents is 1. The third kappa shape index (κ3) is 3.17. The van der Waals surface area contributed by atoms with Gasteiger partial charge in [0, 0.05) is 10.5 Å². The zero-order valence-electron chi connectivity index (χ0n) is 9.97. The van der Waals surface area contributed by atoms with Crippen LogP contribution in [0.4, 0.5) is 11.4 Å². The highest BCUT2D eigenvalue weighted by Gasteiger charge is 2.19. The highest BCUT2D eigenvalue weighted by molar-refractivity contribution is 9.10. The summed E-state index contributed by atoms with van der Waals surface area (Å²) in [7, 11) is -3.86. The summed E-state index contributed by atoms with van der Waals surface area (Å²) in [4.78, 5) is -0.0603. The maximum absolute atomic E-state index is 12.2. The van der Waals surface area contributed by atoms with Crippen LogP contribution >= 0.6 is 27.5 Å². The summed E-state index contributed by atoms with van der Waals surface area (Å²) < 4.78 is 27.5. The van der Waals surface area contributed by atoms with Crippen LogP contribution in [0.15, 0.2) is 45.8 Å². The van der Waals surface area contributed by atoms with Gasteiger partial charge in [-0.2, -0.15) is 0 Å². The molecule has 20 heavy (non-hydrogen) atoms. The summed E-state index contributed by atoms with van der Waals surface area (Å²) in [5.74, 6) is -0.0490. The van der Waals surface area contributed by atoms with Crippen molar-refractivity contribution in [3.8, 4) is 5.75 Å². The topological polar surface area (TPSA) is 92.4 Å². The first-order chi connectivity index (χ1) is 9.29. The van der Waals surface area contributed by atoms with E-state index in [-0.39, 0.29) is 27.0 Å². The van der Waals surface area contributed by atoms with Crippen LogP contribution in [0.25, 0.3) is 0 Å². The summed E-state index contributed by atoms with van der Waals surface area (Å²) in [6.07, 6.45) is 0. The van der Waals surface area contributed by atoms with E-state index in [1.165, 1.54) is 30.3 Å². The van der Waals surface area contributed by atoms with E-state index in [9.17, 15) is 13.5 Å². The molecule has 0 bridgehead atoms. The molecule has 0 aliphatic rings. The van der Waals surface area contributed by atoms with Gasteiger partial charge in [0.05, 0.1) is 16.4 Å². The molecule has 0 aromatic heterocycles. The summed E-state index contributed by atoms with van der Waals surface area (Å²) >= 11 is 9.13. The van der Waals surface area contributed by atoms with Crippen LogP contribution in [-0.4, -0.2) is 13.5 Å². The Balaban J connectivity index is 2.41. The minimum atomic E-state index is -3.86. The van der Waals surface area contributed by atoms with E-state index in [4.69, 9.17) is 17.3 Å². The molecule has 0 heterocycles. The minimum absolute atomic E-state index is 0.0490. The summed E-state index contributed by atoms with van der Waals surface area (Å²) in [6, 6.07) is 8.38. The molecule has 0 fully saturated rings. The molecule has 4 N–H and O–H groups in total. The van der Waals surface area contributed by atoms with E-state index in [0.717, 1.165) is 0 Å². The number of nitrogens with one attached hydrogen (secondary N) is 1. The molecular weight excluding hydrogens is 368 g/mol. The molecule has 0 radical (unpaired) electrons. The molecule has 2 aromatic carbocycles. The summed E-state index contributed by atoms with van der Waals surface area (Å²) in [6.45, 7) is 0. The Morgan fingerprint density at radius 1 is 1.20 bits per heavy atom. The third-order valence-electron chi connectivity index (χ3n) is 2.46. The van der Waals surface area contributed by atoms with Gasteiger partial charge in [-0.1, -0.05) is 27.5 Å². The van der Waals surface area contributed by atoms with E-state index < -0.39 is 10.0 Å². The lowest BCUT2D eigenvalue weighted by atomic mass is 10.2. The SMILES string of the molecule is Nc1cc(O)ccc1NS(=O)(=O)c1ccc(Br)cc1Cl. The second-order valence-electron chi connectivity index (χ2n) is 3.95. The Labute approximate surface area is 129 Å². The minimum Gasteiger partial charge on any atom is -0.508 e. The largest absolute Gasteiger partial charge is 0.508 e. The van der Waals surface area contributed by atoms with E-state index in [2.05, 4.69) is 20.7 Å². The predicted octanol–water partition coefficient (Wildman–Crippen LogP) is 3.19. The summed E-state index contributed by atoms with van der Waals surface area (Å²) in [5.41, 5.74) is 5.92. The van der Waals surface area contributed by atoms with Gasteiger partial charge in [-0.15, -0.1) is 0 Å². The Morgan fingerprint density at radius 3 is 2.50 bits per heavy atom. The van der Waals surface area contributed by atoms with Crippen LogP contribution < -0.4 is 10.5 Å². The van der Waals surface area contributed by atoms with Crippen LogP contribution in [0.2, 0.25) is 5.02 Å². The number of halogens is 2. The first-order valence-corrected chi connectivity index (χ1v) is 8.01. The fraction of sp³-hybridized carbons (Fsp3) is 0. The number of aromatic hydroxyl groups is 1. The fourth-order valence-corrected chi connectivity index (χ4v) is 3.66. The molecular formula is C12H10BrClN2O3S. The fourth-order valence-electron chi connectivity index (χ4n) is 1.54. The van der Waals surface area contributed by atoms with Crippen molar-refractivity contribution in [1.29, 1.82) is 0 Å². The number of nitrogen functional groups attached to an aromatic ring is 1. The lowest BCUT2D eigenvalue weighted by Gasteiger charge is -2.11. The van der Waals surface area contributed by atoms with Gasteiger partial charge in [-0.3, -0.25) is 4.72 Å². The smallest absolute Gasteiger partial charge is 0.263 e. The molecule has 0 saturated carbocycles. The van der Waals surface area contributed by atoms with Crippen LogP contribution in [0.1, 0.15) is 0 Å². The van der Waals surface area contributed by atoms with Crippen molar-refractivity contribution in [2.75, 3.05) is 10.5 Å². The van der Waals surface area contributed by atoms with E-state index in [1.54, 1.807) is 6.07 Å². The molecule has 0 saturated heterocycles. The standard InChI is InChI=1S/C12H10BrClN2O3S/c13-7-1-4-12(9(14)5-7)20(18,19)16-11-3-2-8(17)6-10(11)15/h1-6,16-17H,15H2. The quantitative estimate of drug-likeness (QED) is 0.566. The number of nitrogens with two attached hydrogens (primary N) is 1. The molecule has 0 atom stereocenters. The molecule has 0 unspecified atom stereocenters. The van der Waals surface area contributed by atoms with Crippen molar-refractivity contribution in [2.45, 2.75) is 4.90 Å². The van der Waals surface area contributed by atoms with Crippen molar-refractivity contribution in [3.63, 3.8) is 0 Å². The van der Waals surface area contributed by atoms with Crippen LogP contribution in [0.5, 0.6) is 5.75 Å². The number of sulfonamides is 1. The van der Waals surface area contributed by atoms with Gasteiger partial charge in [0.25, 0.3) is 10.0 Å². The molecule has 106 valence electrons. The van der Waals surface area contributed by atoms with Crippen molar-refractivity contribution < 1.29 is 13.5 Å². The second kappa shape index (κ2) is 5.51. The molecule has 5 nitrogen and oxygen atoms in total. The normalized spacial score (nSPS) is 11.3. The Kier molecular flexibility index (Phi) is 4.12. The van der Waals surface area contributed by atoms with Gasteiger partial charge < -0.3 is 10.8 Å². The number of phenols is 1. The third-order valence-corrected chi connectivity index (χ3v) is 4.80. The van der Waals surface area contributed by atoms with Gasteiger partial charge in [0.15, 0.2) is 0 Å². The number of benzene rings is 2. The van der Waals surface area contributed by atoms with E-state index in [1.807, 2.05) is 0 Å². The average Bonchev–Trinajstić information content (AvgIpc) is 2.32. The Bertz CT molecular complexity index is 765. The van der Waals surface area contributed by atoms with Crippen LogP contribution in [0, 0.1) is 0 Å². The van der Waals surface area contributed by atoms with Gasteiger partial charge in [-0.25, -0.2) is 8.42 Å². The Hall–Kier alpha value is -1.44. The lowest BCUT2D eigenvalue weighted by Crippen LogP contribution is -2.14. The van der Waals surface area contributed by atoms with Crippen molar-refractivity contribution in [3.05, 3.63) is 45.9 Å². The maximum Gasteiger partial charge on any atom is 0.263 e. The number of hydrogen-bond acceptors (Lipinski definition) is 4. The van der Waals surface area contributed by atoms with Gasteiger partial charge in [0.2, 0.25) is 0 Å². The Morgan fingerprint density at radius 2 is 1.90 bits per heavy atom. The lowest BCUT2D eigenvalue weighted by molar-refractivity contribution is 0.475. The van der Waals surface area contributed by atoms with Gasteiger partial charge in [-0.05, 0) is 30.3 Å². The highest BCUT2D eigenvalue weighted by Crippen LogP contribution is 2.29. The predicted molar refractivity (Wildman–Crippen MR) is 82.5 cm³/mol. The van der Waals surface area contributed by atoms with Crippen LogP contribution in [0.3, 0.4) is 0 Å². The van der Waals surface area contributed by atoms with E-state index in [0.29, 0.717) is 4.47 Å². The highest BCUT2D eigenvalue weighted by atomic mass is 79.9. The van der Waals surface area contributed by atoms with Gasteiger partial charge >= 0.3 is 0 Å². The first-order valence-electron chi connectivity index (χ1n) is 5.36. The zero-order valence-corrected chi connectivity index (χ0v) is 13.1. The molecule has 2 rings (SSSR count). The van der Waals surface area contributed by atoms with Gasteiger partial charge in [0.1, 0.15) is 10.6 Å². The molecule has 8 heteroatoms. The maximum atomic E-state index is 12.2. The van der Waals surface area contributed by atoms with Crippen LogP contribution in [-0.2, 0) is 10.0 Å². The molecule has 0 spiro atoms. The second-order valence-corrected chi connectivity index (χ2v) is 6.93. The number of anilines is 2. The molecule has 0 aliphatic heterocycles. The number of rotatable bonds is 3. The molecule has 2 aromatic rings.